The van der Waals surface area contributed by atoms with Crippen molar-refractivity contribution in [2.75, 3.05) is 17.7 Å². The van der Waals surface area contributed by atoms with Crippen LogP contribution in [-0.4, -0.2) is 7.11 Å². The van der Waals surface area contributed by atoms with Crippen LogP contribution in [0.2, 0.25) is 0 Å². The molecule has 0 saturated heterocycles. The fourth-order valence-corrected chi connectivity index (χ4v) is 4.61. The van der Waals surface area contributed by atoms with Crippen molar-refractivity contribution in [3.05, 3.63) is 88.0 Å². The lowest BCUT2D eigenvalue weighted by atomic mass is 9.86. The Morgan fingerprint density at radius 3 is 2.17 bits per heavy atom. The van der Waals surface area contributed by atoms with Crippen molar-refractivity contribution in [1.82, 2.24) is 0 Å². The summed E-state index contributed by atoms with van der Waals surface area (Å²) in [5.74, 6) is 0.890. The number of nitrogens with one attached hydrogen (secondary N) is 2. The summed E-state index contributed by atoms with van der Waals surface area (Å²) in [5, 5.41) is 7.63. The Morgan fingerprint density at radius 2 is 1.52 bits per heavy atom. The van der Waals surface area contributed by atoms with E-state index in [4.69, 9.17) is 4.74 Å². The summed E-state index contributed by atoms with van der Waals surface area (Å²) in [6.45, 7) is 8.70. The normalized spacial score (nSPS) is 18.0. The first-order valence-corrected chi connectivity index (χ1v) is 10.3. The van der Waals surface area contributed by atoms with E-state index in [-0.39, 0.29) is 12.1 Å². The average molecular weight is 387 g/mol. The highest BCUT2D eigenvalue weighted by Gasteiger charge is 2.29. The molecule has 2 N–H and O–H groups in total. The highest BCUT2D eigenvalue weighted by molar-refractivity contribution is 5.64. The zero-order valence-corrected chi connectivity index (χ0v) is 18.0. The quantitative estimate of drug-likeness (QED) is 0.527. The second-order valence-electron chi connectivity index (χ2n) is 8.32. The molecule has 1 aliphatic heterocycles. The third-order valence-electron chi connectivity index (χ3n) is 5.76. The molecule has 0 aromatic heterocycles. The van der Waals surface area contributed by atoms with E-state index in [0.717, 1.165) is 12.2 Å². The standard InChI is InChI=1S/C26H30N2O/c1-16-10-17(2)13-21(12-16)27-25-15-23(20-6-8-22(29-5)9-7-20)28-24-14-18(3)11-19(4)26(24)25/h6-14,23,25,27-28H,15H2,1-5H3/t23-,25+/m0/s1. The number of aryl methyl sites for hydroxylation is 4. The molecule has 1 heterocycles. The van der Waals surface area contributed by atoms with Gasteiger partial charge in [0.05, 0.1) is 19.2 Å². The van der Waals surface area contributed by atoms with Crippen LogP contribution in [0.4, 0.5) is 11.4 Å². The number of fused-ring (bicyclic) bond motifs is 1. The molecule has 150 valence electrons. The molecule has 0 unspecified atom stereocenters. The molecule has 3 nitrogen and oxygen atoms in total. The van der Waals surface area contributed by atoms with Gasteiger partial charge in [-0.3, -0.25) is 0 Å². The molecule has 0 radical (unpaired) electrons. The van der Waals surface area contributed by atoms with Crippen molar-refractivity contribution in [2.45, 2.75) is 46.2 Å². The van der Waals surface area contributed by atoms with Crippen LogP contribution in [0.1, 0.15) is 51.9 Å². The summed E-state index contributed by atoms with van der Waals surface area (Å²) < 4.78 is 5.33. The average Bonchev–Trinajstić information content (AvgIpc) is 2.66. The summed E-state index contributed by atoms with van der Waals surface area (Å²) in [4.78, 5) is 0. The van der Waals surface area contributed by atoms with Crippen LogP contribution in [0.15, 0.2) is 54.6 Å². The van der Waals surface area contributed by atoms with Crippen LogP contribution in [-0.2, 0) is 0 Å². The van der Waals surface area contributed by atoms with Crippen LogP contribution < -0.4 is 15.4 Å². The van der Waals surface area contributed by atoms with Gasteiger partial charge in [-0.25, -0.2) is 0 Å². The van der Waals surface area contributed by atoms with Crippen LogP contribution >= 0.6 is 0 Å². The van der Waals surface area contributed by atoms with Gasteiger partial charge in [-0.15, -0.1) is 0 Å². The second-order valence-corrected chi connectivity index (χ2v) is 8.32. The minimum atomic E-state index is 0.248. The van der Waals surface area contributed by atoms with Gasteiger partial charge in [0.25, 0.3) is 0 Å². The number of rotatable bonds is 4. The summed E-state index contributed by atoms with van der Waals surface area (Å²) in [5.41, 5.74) is 10.3. The van der Waals surface area contributed by atoms with E-state index in [1.165, 1.54) is 44.8 Å². The molecule has 3 aromatic carbocycles. The van der Waals surface area contributed by atoms with Gasteiger partial charge in [-0.05, 0) is 92.3 Å². The molecule has 4 rings (SSSR count). The van der Waals surface area contributed by atoms with E-state index in [9.17, 15) is 0 Å². The minimum Gasteiger partial charge on any atom is -0.497 e. The van der Waals surface area contributed by atoms with Crippen molar-refractivity contribution in [3.8, 4) is 5.75 Å². The number of hydrogen-bond donors (Lipinski definition) is 2. The van der Waals surface area contributed by atoms with Crippen LogP contribution in [0.25, 0.3) is 0 Å². The summed E-state index contributed by atoms with van der Waals surface area (Å²) in [7, 11) is 1.71. The predicted octanol–water partition coefficient (Wildman–Crippen LogP) is 6.64. The van der Waals surface area contributed by atoms with E-state index in [2.05, 4.69) is 80.8 Å². The van der Waals surface area contributed by atoms with Crippen molar-refractivity contribution in [1.29, 1.82) is 0 Å². The fraction of sp³-hybridized carbons (Fsp3) is 0.308. The Hall–Kier alpha value is -2.94. The molecule has 0 saturated carbocycles. The van der Waals surface area contributed by atoms with Crippen molar-refractivity contribution in [2.24, 2.45) is 0 Å². The predicted molar refractivity (Wildman–Crippen MR) is 122 cm³/mol. The van der Waals surface area contributed by atoms with Crippen LogP contribution in [0.5, 0.6) is 5.75 Å². The molecule has 0 aliphatic carbocycles. The molecular formula is C26H30N2O. The van der Waals surface area contributed by atoms with Gasteiger partial charge < -0.3 is 15.4 Å². The SMILES string of the molecule is COc1ccc([C@@H]2C[C@@H](Nc3cc(C)cc(C)c3)c3c(C)cc(C)cc3N2)cc1. The molecule has 0 bridgehead atoms. The molecule has 3 aromatic rings. The maximum atomic E-state index is 5.33. The Labute approximate surface area is 174 Å². The van der Waals surface area contributed by atoms with Crippen LogP contribution in [0.3, 0.4) is 0 Å². The number of anilines is 2. The first-order chi connectivity index (χ1) is 13.9. The molecule has 3 heteroatoms. The van der Waals surface area contributed by atoms with Crippen molar-refractivity contribution >= 4 is 11.4 Å². The molecule has 1 aliphatic rings. The number of methoxy groups -OCH3 is 1. The Kier molecular flexibility index (Phi) is 5.23. The Bertz CT molecular complexity index is 1000. The monoisotopic (exact) mass is 386 g/mol. The Balaban J connectivity index is 1.72. The fourth-order valence-electron chi connectivity index (χ4n) is 4.61. The summed E-state index contributed by atoms with van der Waals surface area (Å²) >= 11 is 0. The molecular weight excluding hydrogens is 356 g/mol. The second kappa shape index (κ2) is 7.82. The van der Waals surface area contributed by atoms with Crippen molar-refractivity contribution < 1.29 is 4.74 Å². The number of benzene rings is 3. The van der Waals surface area contributed by atoms with Crippen LogP contribution in [0, 0.1) is 27.7 Å². The van der Waals surface area contributed by atoms with Gasteiger partial charge >= 0.3 is 0 Å². The van der Waals surface area contributed by atoms with Gasteiger partial charge in [-0.2, -0.15) is 0 Å². The summed E-state index contributed by atoms with van der Waals surface area (Å²) in [6, 6.07) is 20.2. The highest BCUT2D eigenvalue weighted by atomic mass is 16.5. The van der Waals surface area contributed by atoms with Gasteiger partial charge in [0.1, 0.15) is 5.75 Å². The molecule has 0 amide bonds. The largest absolute Gasteiger partial charge is 0.497 e. The Morgan fingerprint density at radius 1 is 0.862 bits per heavy atom. The molecule has 0 fully saturated rings. The lowest BCUT2D eigenvalue weighted by Gasteiger charge is -2.36. The maximum Gasteiger partial charge on any atom is 0.118 e. The first-order valence-electron chi connectivity index (χ1n) is 10.3. The van der Waals surface area contributed by atoms with Gasteiger partial charge in [-0.1, -0.05) is 24.3 Å². The van der Waals surface area contributed by atoms with E-state index >= 15 is 0 Å². The molecule has 0 spiro atoms. The van der Waals surface area contributed by atoms with E-state index in [1.54, 1.807) is 7.11 Å². The third kappa shape index (κ3) is 4.09. The number of ether oxygens (including phenoxy) is 1. The first kappa shape index (κ1) is 19.4. The van der Waals surface area contributed by atoms with E-state index in [1.807, 2.05) is 12.1 Å². The topological polar surface area (TPSA) is 33.3 Å². The van der Waals surface area contributed by atoms with Gasteiger partial charge in [0.2, 0.25) is 0 Å². The van der Waals surface area contributed by atoms with Gasteiger partial charge in [0.15, 0.2) is 0 Å². The van der Waals surface area contributed by atoms with E-state index < -0.39 is 0 Å². The molecule has 29 heavy (non-hydrogen) atoms. The van der Waals surface area contributed by atoms with Crippen molar-refractivity contribution in [3.63, 3.8) is 0 Å². The zero-order valence-electron chi connectivity index (χ0n) is 18.0. The smallest absolute Gasteiger partial charge is 0.118 e. The van der Waals surface area contributed by atoms with Gasteiger partial charge in [0, 0.05) is 16.9 Å². The summed E-state index contributed by atoms with van der Waals surface area (Å²) in [6.07, 6.45) is 0.982. The third-order valence-corrected chi connectivity index (χ3v) is 5.76. The zero-order chi connectivity index (χ0) is 20.5. The molecule has 2 atom stereocenters. The lowest BCUT2D eigenvalue weighted by molar-refractivity contribution is 0.414. The number of hydrogen-bond acceptors (Lipinski definition) is 3. The lowest BCUT2D eigenvalue weighted by Crippen LogP contribution is -2.26. The minimum absolute atomic E-state index is 0.248. The van der Waals surface area contributed by atoms with E-state index in [0.29, 0.717) is 0 Å². The maximum absolute atomic E-state index is 5.33. The highest BCUT2D eigenvalue weighted by Crippen LogP contribution is 2.43.